The van der Waals surface area contributed by atoms with Gasteiger partial charge in [-0.25, -0.2) is 0 Å². The molecule has 21 heavy (non-hydrogen) atoms. The Hall–Kier alpha value is -2.32. The largest absolute Gasteiger partial charge is 0.497 e. The van der Waals surface area contributed by atoms with Crippen LogP contribution in [0.5, 0.6) is 17.2 Å². The lowest BCUT2D eigenvalue weighted by Gasteiger charge is -2.11. The second-order valence-electron chi connectivity index (χ2n) is 4.31. The number of ether oxygens (including phenoxy) is 2. The minimum Gasteiger partial charge on any atom is -0.497 e. The van der Waals surface area contributed by atoms with Crippen LogP contribution in [0.1, 0.15) is 22.8 Å². The Morgan fingerprint density at radius 2 is 1.90 bits per heavy atom. The van der Waals surface area contributed by atoms with Crippen molar-refractivity contribution in [1.82, 2.24) is 0 Å². The fourth-order valence-electron chi connectivity index (χ4n) is 1.81. The zero-order valence-electron chi connectivity index (χ0n) is 11.5. The molecule has 0 atom stereocenters. The van der Waals surface area contributed by atoms with Gasteiger partial charge in [-0.3, -0.25) is 4.79 Å². The third-order valence-corrected chi connectivity index (χ3v) is 3.29. The molecule has 0 fully saturated rings. The highest BCUT2D eigenvalue weighted by atomic mass is 79.9. The van der Waals surface area contributed by atoms with Gasteiger partial charge in [-0.05, 0) is 37.3 Å². The number of hydrogen-bond donors (Lipinski definition) is 0. The van der Waals surface area contributed by atoms with E-state index in [1.165, 1.54) is 14.0 Å². The monoisotopic (exact) mass is 345 g/mol. The van der Waals surface area contributed by atoms with Crippen LogP contribution in [0.2, 0.25) is 0 Å². The van der Waals surface area contributed by atoms with Crippen LogP contribution in [-0.4, -0.2) is 12.9 Å². The first-order valence-electron chi connectivity index (χ1n) is 6.11. The van der Waals surface area contributed by atoms with Gasteiger partial charge < -0.3 is 9.47 Å². The molecule has 0 heterocycles. The lowest BCUT2D eigenvalue weighted by molar-refractivity contribution is 0.101. The van der Waals surface area contributed by atoms with Crippen molar-refractivity contribution in [2.45, 2.75) is 6.92 Å². The van der Waals surface area contributed by atoms with E-state index < -0.39 is 0 Å². The van der Waals surface area contributed by atoms with E-state index in [0.29, 0.717) is 28.4 Å². The molecule has 2 aromatic carbocycles. The highest BCUT2D eigenvalue weighted by Gasteiger charge is 2.11. The van der Waals surface area contributed by atoms with Crippen molar-refractivity contribution in [1.29, 1.82) is 5.26 Å². The Bertz CT molecular complexity index is 735. The summed E-state index contributed by atoms with van der Waals surface area (Å²) in [6, 6.07) is 12.1. The fourth-order valence-corrected chi connectivity index (χ4v) is 2.15. The molecule has 0 aliphatic carbocycles. The average Bonchev–Trinajstić information content (AvgIpc) is 2.46. The number of nitriles is 1. The maximum atomic E-state index is 11.6. The highest BCUT2D eigenvalue weighted by molar-refractivity contribution is 9.10. The second-order valence-corrected chi connectivity index (χ2v) is 5.22. The van der Waals surface area contributed by atoms with Crippen LogP contribution >= 0.6 is 15.9 Å². The van der Waals surface area contributed by atoms with Gasteiger partial charge in [0.15, 0.2) is 5.78 Å². The fraction of sp³-hybridized carbons (Fsp3) is 0.125. The molecule has 0 radical (unpaired) electrons. The number of ketones is 1. The predicted molar refractivity (Wildman–Crippen MR) is 81.9 cm³/mol. The highest BCUT2D eigenvalue weighted by Crippen LogP contribution is 2.31. The number of hydrogen-bond acceptors (Lipinski definition) is 4. The van der Waals surface area contributed by atoms with Gasteiger partial charge in [-0.1, -0.05) is 15.9 Å². The molecule has 2 rings (SSSR count). The molecule has 0 aliphatic heterocycles. The molecule has 0 spiro atoms. The lowest BCUT2D eigenvalue weighted by atomic mass is 10.1. The first-order valence-corrected chi connectivity index (χ1v) is 6.90. The van der Waals surface area contributed by atoms with Crippen molar-refractivity contribution >= 4 is 21.7 Å². The molecular formula is C16H12BrNO3. The summed E-state index contributed by atoms with van der Waals surface area (Å²) in [5.74, 6) is 1.28. The van der Waals surface area contributed by atoms with Gasteiger partial charge in [-0.2, -0.15) is 5.26 Å². The van der Waals surface area contributed by atoms with E-state index in [1.54, 1.807) is 36.4 Å². The zero-order valence-corrected chi connectivity index (χ0v) is 13.1. The molecule has 0 N–H and O–H groups in total. The number of rotatable bonds is 4. The molecule has 0 bridgehead atoms. The Balaban J connectivity index is 2.45. The van der Waals surface area contributed by atoms with Crippen molar-refractivity contribution in [3.8, 4) is 23.3 Å². The summed E-state index contributed by atoms with van der Waals surface area (Å²) in [5.41, 5.74) is 0.892. The van der Waals surface area contributed by atoms with Crippen molar-refractivity contribution in [3.63, 3.8) is 0 Å². The summed E-state index contributed by atoms with van der Waals surface area (Å²) in [4.78, 5) is 11.6. The molecule has 0 aromatic heterocycles. The Kier molecular flexibility index (Phi) is 4.61. The third kappa shape index (κ3) is 3.61. The van der Waals surface area contributed by atoms with Gasteiger partial charge in [0.1, 0.15) is 17.2 Å². The van der Waals surface area contributed by atoms with Crippen LogP contribution in [0.3, 0.4) is 0 Å². The van der Waals surface area contributed by atoms with Crippen LogP contribution in [0.25, 0.3) is 0 Å². The summed E-state index contributed by atoms with van der Waals surface area (Å²) in [7, 11) is 1.51. The Morgan fingerprint density at radius 1 is 1.19 bits per heavy atom. The van der Waals surface area contributed by atoms with Crippen molar-refractivity contribution in [3.05, 3.63) is 52.0 Å². The summed E-state index contributed by atoms with van der Waals surface area (Å²) in [6.07, 6.45) is 0. The third-order valence-electron chi connectivity index (χ3n) is 2.80. The number of nitrogens with zero attached hydrogens (tertiary/aromatic N) is 1. The van der Waals surface area contributed by atoms with Gasteiger partial charge in [0.25, 0.3) is 0 Å². The van der Waals surface area contributed by atoms with Crippen molar-refractivity contribution in [2.75, 3.05) is 7.11 Å². The molecular weight excluding hydrogens is 334 g/mol. The normalized spacial score (nSPS) is 9.81. The van der Waals surface area contributed by atoms with Crippen LogP contribution < -0.4 is 9.47 Å². The SMILES string of the molecule is COc1cc(C#N)cc(Oc2cc(Br)ccc2C(C)=O)c1. The Labute approximate surface area is 131 Å². The second kappa shape index (κ2) is 6.42. The summed E-state index contributed by atoms with van der Waals surface area (Å²) in [5, 5.41) is 9.01. The van der Waals surface area contributed by atoms with E-state index in [0.717, 1.165) is 4.47 Å². The number of carbonyl (C=O) groups excluding carboxylic acids is 1. The minimum atomic E-state index is -0.0964. The molecule has 0 saturated heterocycles. The number of Topliss-reactive ketones (excluding diaryl/α,β-unsaturated/α-hetero) is 1. The first-order chi connectivity index (χ1) is 10.0. The maximum Gasteiger partial charge on any atom is 0.163 e. The van der Waals surface area contributed by atoms with E-state index in [-0.39, 0.29) is 5.78 Å². The molecule has 0 aliphatic rings. The smallest absolute Gasteiger partial charge is 0.163 e. The predicted octanol–water partition coefficient (Wildman–Crippen LogP) is 4.32. The van der Waals surface area contributed by atoms with Crippen LogP contribution in [0.15, 0.2) is 40.9 Å². The quantitative estimate of drug-likeness (QED) is 0.774. The molecule has 0 saturated carbocycles. The summed E-state index contributed by atoms with van der Waals surface area (Å²) >= 11 is 3.35. The van der Waals surface area contributed by atoms with Crippen molar-refractivity contribution < 1.29 is 14.3 Å². The summed E-state index contributed by atoms with van der Waals surface area (Å²) in [6.45, 7) is 1.47. The molecule has 5 heteroatoms. The van der Waals surface area contributed by atoms with E-state index in [2.05, 4.69) is 15.9 Å². The van der Waals surface area contributed by atoms with E-state index in [9.17, 15) is 4.79 Å². The van der Waals surface area contributed by atoms with E-state index in [4.69, 9.17) is 14.7 Å². The number of benzene rings is 2. The molecule has 0 unspecified atom stereocenters. The molecule has 106 valence electrons. The van der Waals surface area contributed by atoms with Crippen molar-refractivity contribution in [2.24, 2.45) is 0 Å². The standard InChI is InChI=1S/C16H12BrNO3/c1-10(19)15-4-3-12(17)7-16(15)21-14-6-11(9-18)5-13(8-14)20-2/h3-8H,1-2H3. The molecule has 2 aromatic rings. The zero-order chi connectivity index (χ0) is 15.4. The van der Waals surface area contributed by atoms with Gasteiger partial charge in [0, 0.05) is 10.5 Å². The van der Waals surface area contributed by atoms with Crippen LogP contribution in [0, 0.1) is 11.3 Å². The topological polar surface area (TPSA) is 59.3 Å². The number of methoxy groups -OCH3 is 1. The van der Waals surface area contributed by atoms with Gasteiger partial charge in [0.2, 0.25) is 0 Å². The average molecular weight is 346 g/mol. The molecule has 4 nitrogen and oxygen atoms in total. The van der Waals surface area contributed by atoms with E-state index >= 15 is 0 Å². The molecule has 0 amide bonds. The van der Waals surface area contributed by atoms with Crippen LogP contribution in [-0.2, 0) is 0 Å². The van der Waals surface area contributed by atoms with Crippen LogP contribution in [0.4, 0.5) is 0 Å². The van der Waals surface area contributed by atoms with Gasteiger partial charge in [0.05, 0.1) is 24.3 Å². The number of carbonyl (C=O) groups is 1. The summed E-state index contributed by atoms with van der Waals surface area (Å²) < 4.78 is 11.7. The Morgan fingerprint density at radius 3 is 2.52 bits per heavy atom. The van der Waals surface area contributed by atoms with Gasteiger partial charge >= 0.3 is 0 Å². The number of halogens is 1. The van der Waals surface area contributed by atoms with Gasteiger partial charge in [-0.15, -0.1) is 0 Å². The maximum absolute atomic E-state index is 11.6. The lowest BCUT2D eigenvalue weighted by Crippen LogP contribution is -1.97. The minimum absolute atomic E-state index is 0.0964. The first kappa shape index (κ1) is 15.1. The van der Waals surface area contributed by atoms with E-state index in [1.807, 2.05) is 6.07 Å².